The molecule has 0 spiro atoms. The van der Waals surface area contributed by atoms with Crippen molar-refractivity contribution in [1.29, 1.82) is 0 Å². The molecular weight excluding hydrogens is 450 g/mol. The Labute approximate surface area is 203 Å². The van der Waals surface area contributed by atoms with E-state index < -0.39 is 0 Å². The summed E-state index contributed by atoms with van der Waals surface area (Å²) in [6.45, 7) is 4.52. The minimum atomic E-state index is -0.167. The van der Waals surface area contributed by atoms with Gasteiger partial charge in [0, 0.05) is 41.6 Å². The predicted molar refractivity (Wildman–Crippen MR) is 132 cm³/mol. The Kier molecular flexibility index (Phi) is 5.72. The van der Waals surface area contributed by atoms with E-state index in [1.807, 2.05) is 11.8 Å². The molecule has 7 rings (SSSR count). The minimum Gasteiger partial charge on any atom is -0.378 e. The second kappa shape index (κ2) is 8.75. The van der Waals surface area contributed by atoms with Crippen molar-refractivity contribution < 1.29 is 9.53 Å². The SMILES string of the molecule is Cc1nc(N2CCOCC2)[nH]c(=O)c1CCC(=O)Nc1nc(C23CC4CC(CC(C4)C2)C3)cs1. The Hall–Kier alpha value is -2.26. The van der Waals surface area contributed by atoms with Gasteiger partial charge in [-0.25, -0.2) is 9.97 Å². The molecule has 34 heavy (non-hydrogen) atoms. The van der Waals surface area contributed by atoms with E-state index in [4.69, 9.17) is 9.72 Å². The van der Waals surface area contributed by atoms with Gasteiger partial charge in [-0.2, -0.15) is 0 Å². The van der Waals surface area contributed by atoms with Crippen LogP contribution in [0.2, 0.25) is 0 Å². The number of ether oxygens (including phenoxy) is 1. The molecule has 4 aliphatic carbocycles. The van der Waals surface area contributed by atoms with Crippen LogP contribution in [0.25, 0.3) is 0 Å². The van der Waals surface area contributed by atoms with Gasteiger partial charge in [-0.1, -0.05) is 0 Å². The first-order chi connectivity index (χ1) is 16.5. The number of carbonyl (C=O) groups excluding carboxylic acids is 1. The summed E-state index contributed by atoms with van der Waals surface area (Å²) in [6, 6.07) is 0. The van der Waals surface area contributed by atoms with Gasteiger partial charge >= 0.3 is 0 Å². The van der Waals surface area contributed by atoms with Crippen LogP contribution in [-0.2, 0) is 21.4 Å². The monoisotopic (exact) mass is 483 g/mol. The predicted octanol–water partition coefficient (Wildman–Crippen LogP) is 3.41. The smallest absolute Gasteiger partial charge is 0.255 e. The van der Waals surface area contributed by atoms with Crippen molar-refractivity contribution in [3.8, 4) is 0 Å². The van der Waals surface area contributed by atoms with Gasteiger partial charge in [-0.15, -0.1) is 11.3 Å². The lowest BCUT2D eigenvalue weighted by molar-refractivity contribution is -0.116. The Morgan fingerprint density at radius 1 is 1.18 bits per heavy atom. The number of aromatic amines is 1. The molecule has 0 atom stereocenters. The first-order valence-electron chi connectivity index (χ1n) is 12.7. The van der Waals surface area contributed by atoms with Crippen LogP contribution in [0.1, 0.15) is 61.9 Å². The number of H-pyrrole nitrogens is 1. The molecule has 4 saturated carbocycles. The number of nitrogens with zero attached hydrogens (tertiary/aromatic N) is 3. The standard InChI is InChI=1S/C25H33N5O3S/c1-15-19(22(32)29-23(26-15)30-4-6-33-7-5-30)2-3-21(31)28-24-27-20(14-34-24)25-11-16-8-17(12-25)10-18(9-16)13-25/h14,16-18H,2-13H2,1H3,(H,26,29,32)(H,27,28,31). The highest BCUT2D eigenvalue weighted by Crippen LogP contribution is 2.60. The molecule has 5 aliphatic rings. The summed E-state index contributed by atoms with van der Waals surface area (Å²) in [4.78, 5) is 39.8. The van der Waals surface area contributed by atoms with E-state index in [-0.39, 0.29) is 23.3 Å². The van der Waals surface area contributed by atoms with Crippen LogP contribution in [-0.4, -0.2) is 47.2 Å². The molecule has 0 unspecified atom stereocenters. The summed E-state index contributed by atoms with van der Waals surface area (Å²) < 4.78 is 5.37. The summed E-state index contributed by atoms with van der Waals surface area (Å²) in [5.41, 5.74) is 2.52. The average Bonchev–Trinajstić information content (AvgIpc) is 3.27. The molecule has 2 N–H and O–H groups in total. The first kappa shape index (κ1) is 22.2. The number of aryl methyl sites for hydroxylation is 1. The van der Waals surface area contributed by atoms with Gasteiger partial charge in [-0.3, -0.25) is 14.6 Å². The fourth-order valence-electron chi connectivity index (χ4n) is 7.23. The number of morpholine rings is 1. The van der Waals surface area contributed by atoms with Crippen molar-refractivity contribution in [2.24, 2.45) is 17.8 Å². The third-order valence-corrected chi connectivity index (χ3v) is 9.21. The van der Waals surface area contributed by atoms with Gasteiger partial charge in [-0.05, 0) is 69.6 Å². The van der Waals surface area contributed by atoms with E-state index in [1.54, 1.807) is 0 Å². The van der Waals surface area contributed by atoms with Crippen LogP contribution in [0.3, 0.4) is 0 Å². The molecule has 1 saturated heterocycles. The van der Waals surface area contributed by atoms with Gasteiger partial charge < -0.3 is 15.0 Å². The summed E-state index contributed by atoms with van der Waals surface area (Å²) in [5, 5.41) is 5.84. The van der Waals surface area contributed by atoms with Crippen molar-refractivity contribution in [2.45, 2.75) is 63.7 Å². The molecule has 1 amide bonds. The normalized spacial score (nSPS) is 30.0. The molecule has 2 aromatic rings. The molecule has 1 aliphatic heterocycles. The van der Waals surface area contributed by atoms with Crippen molar-refractivity contribution in [3.05, 3.63) is 32.7 Å². The number of amides is 1. The van der Waals surface area contributed by atoms with Gasteiger partial charge in [0.2, 0.25) is 11.9 Å². The lowest BCUT2D eigenvalue weighted by Crippen LogP contribution is -2.48. The van der Waals surface area contributed by atoms with E-state index in [2.05, 4.69) is 20.7 Å². The van der Waals surface area contributed by atoms with Crippen LogP contribution in [0, 0.1) is 24.7 Å². The number of thiazole rings is 1. The van der Waals surface area contributed by atoms with Gasteiger partial charge in [0.1, 0.15) is 0 Å². The molecule has 182 valence electrons. The van der Waals surface area contributed by atoms with Crippen LogP contribution >= 0.6 is 11.3 Å². The lowest BCUT2D eigenvalue weighted by atomic mass is 9.49. The van der Waals surface area contributed by atoms with E-state index >= 15 is 0 Å². The summed E-state index contributed by atoms with van der Waals surface area (Å²) in [7, 11) is 0. The van der Waals surface area contributed by atoms with Crippen molar-refractivity contribution in [3.63, 3.8) is 0 Å². The first-order valence-corrected chi connectivity index (χ1v) is 13.5. The van der Waals surface area contributed by atoms with Crippen LogP contribution in [0.4, 0.5) is 11.1 Å². The van der Waals surface area contributed by atoms with E-state index in [1.165, 1.54) is 55.6 Å². The molecule has 2 aromatic heterocycles. The van der Waals surface area contributed by atoms with Crippen LogP contribution in [0.5, 0.6) is 0 Å². The maximum atomic E-state index is 12.7. The Bertz CT molecular complexity index is 1100. The van der Waals surface area contributed by atoms with Crippen LogP contribution in [0.15, 0.2) is 10.2 Å². The molecule has 3 heterocycles. The van der Waals surface area contributed by atoms with E-state index in [9.17, 15) is 9.59 Å². The van der Waals surface area contributed by atoms with E-state index in [0.29, 0.717) is 55.1 Å². The Morgan fingerprint density at radius 3 is 2.50 bits per heavy atom. The van der Waals surface area contributed by atoms with Crippen molar-refractivity contribution >= 4 is 28.3 Å². The topological polar surface area (TPSA) is 100 Å². The second-order valence-corrected chi connectivity index (χ2v) is 11.7. The van der Waals surface area contributed by atoms with Gasteiger partial charge in [0.15, 0.2) is 5.13 Å². The highest BCUT2D eigenvalue weighted by molar-refractivity contribution is 7.13. The fourth-order valence-corrected chi connectivity index (χ4v) is 8.08. The zero-order chi connectivity index (χ0) is 23.3. The Balaban J connectivity index is 1.08. The number of hydrogen-bond donors (Lipinski definition) is 2. The number of aromatic nitrogens is 3. The van der Waals surface area contributed by atoms with Crippen LogP contribution < -0.4 is 15.8 Å². The molecule has 9 heteroatoms. The number of carbonyl (C=O) groups is 1. The summed E-state index contributed by atoms with van der Waals surface area (Å²) in [6.07, 6.45) is 8.63. The maximum Gasteiger partial charge on any atom is 0.255 e. The highest BCUT2D eigenvalue weighted by atomic mass is 32.1. The highest BCUT2D eigenvalue weighted by Gasteiger charge is 2.52. The number of rotatable bonds is 6. The zero-order valence-electron chi connectivity index (χ0n) is 19.8. The van der Waals surface area contributed by atoms with Gasteiger partial charge in [0.25, 0.3) is 5.56 Å². The molecule has 0 radical (unpaired) electrons. The molecule has 8 nitrogen and oxygen atoms in total. The van der Waals surface area contributed by atoms with Crippen molar-refractivity contribution in [1.82, 2.24) is 15.0 Å². The second-order valence-electron chi connectivity index (χ2n) is 10.8. The molecule has 4 bridgehead atoms. The maximum absolute atomic E-state index is 12.7. The lowest BCUT2D eigenvalue weighted by Gasteiger charge is -2.56. The molecule has 5 fully saturated rings. The minimum absolute atomic E-state index is 0.109. The fraction of sp³-hybridized carbons (Fsp3) is 0.680. The third-order valence-electron chi connectivity index (χ3n) is 8.45. The molecular formula is C25H33N5O3S. The Morgan fingerprint density at radius 2 is 1.85 bits per heavy atom. The largest absolute Gasteiger partial charge is 0.378 e. The van der Waals surface area contributed by atoms with Crippen molar-refractivity contribution in [2.75, 3.05) is 36.5 Å². The number of nitrogens with one attached hydrogen (secondary N) is 2. The summed E-state index contributed by atoms with van der Waals surface area (Å²) >= 11 is 1.53. The third kappa shape index (κ3) is 4.17. The number of anilines is 2. The average molecular weight is 484 g/mol. The number of hydrogen-bond acceptors (Lipinski definition) is 7. The summed E-state index contributed by atoms with van der Waals surface area (Å²) in [5.74, 6) is 3.09. The van der Waals surface area contributed by atoms with E-state index in [0.717, 1.165) is 17.8 Å². The molecule has 0 aromatic carbocycles. The zero-order valence-corrected chi connectivity index (χ0v) is 20.6. The quantitative estimate of drug-likeness (QED) is 0.653. The van der Waals surface area contributed by atoms with Gasteiger partial charge in [0.05, 0.1) is 18.9 Å².